The smallest absolute Gasteiger partial charge is 0.262 e. The number of amides is 1. The summed E-state index contributed by atoms with van der Waals surface area (Å²) < 4.78 is 40.7. The van der Waals surface area contributed by atoms with Crippen LogP contribution < -0.4 is 5.32 Å². The molecule has 31 heavy (non-hydrogen) atoms. The second-order valence-electron chi connectivity index (χ2n) is 6.73. The van der Waals surface area contributed by atoms with E-state index >= 15 is 0 Å². The van der Waals surface area contributed by atoms with Gasteiger partial charge in [-0.15, -0.1) is 0 Å². The van der Waals surface area contributed by atoms with Crippen LogP contribution in [0.15, 0.2) is 84.3 Å². The Balaban J connectivity index is 1.65. The predicted octanol–water partition coefficient (Wildman–Crippen LogP) is 6.41. The van der Waals surface area contributed by atoms with Crippen molar-refractivity contribution in [2.45, 2.75) is 15.5 Å². The van der Waals surface area contributed by atoms with Gasteiger partial charge in [0.05, 0.1) is 21.2 Å². The molecule has 9 heteroatoms. The highest BCUT2D eigenvalue weighted by atomic mass is 79.9. The third-order valence-corrected chi connectivity index (χ3v) is 8.78. The Morgan fingerprint density at radius 1 is 1.00 bits per heavy atom. The molecule has 158 valence electrons. The van der Waals surface area contributed by atoms with Crippen molar-refractivity contribution in [3.8, 4) is 0 Å². The highest BCUT2D eigenvalue weighted by molar-refractivity contribution is 9.11. The number of benzene rings is 3. The monoisotopic (exact) mass is 581 g/mol. The van der Waals surface area contributed by atoms with E-state index in [4.69, 9.17) is 0 Å². The summed E-state index contributed by atoms with van der Waals surface area (Å²) >= 11 is 7.99. The summed E-state index contributed by atoms with van der Waals surface area (Å²) in [5.41, 5.74) is 1.86. The van der Waals surface area contributed by atoms with E-state index in [1.54, 1.807) is 42.5 Å². The number of halogens is 3. The van der Waals surface area contributed by atoms with E-state index < -0.39 is 9.84 Å². The van der Waals surface area contributed by atoms with Crippen LogP contribution in [0.5, 0.6) is 0 Å². The molecule has 0 aliphatic carbocycles. The van der Waals surface area contributed by atoms with Crippen molar-refractivity contribution in [2.24, 2.45) is 0 Å². The van der Waals surface area contributed by atoms with Gasteiger partial charge >= 0.3 is 0 Å². The number of carbonyl (C=O) groups excluding carboxylic acids is 1. The molecule has 1 N–H and O–H groups in total. The van der Waals surface area contributed by atoms with Crippen LogP contribution >= 0.6 is 43.6 Å². The van der Waals surface area contributed by atoms with Gasteiger partial charge in [-0.3, -0.25) is 4.79 Å². The minimum atomic E-state index is -3.63. The number of hydrogen-bond acceptors (Lipinski definition) is 4. The van der Waals surface area contributed by atoms with Gasteiger partial charge in [0.2, 0.25) is 0 Å². The summed E-state index contributed by atoms with van der Waals surface area (Å²) in [6.45, 7) is 0. The molecule has 0 unspecified atom stereocenters. The van der Waals surface area contributed by atoms with Crippen LogP contribution in [0.25, 0.3) is 6.08 Å². The lowest BCUT2D eigenvalue weighted by molar-refractivity contribution is -0.112. The summed E-state index contributed by atoms with van der Waals surface area (Å²) in [6, 6.07) is 15.8. The van der Waals surface area contributed by atoms with Gasteiger partial charge < -0.3 is 5.32 Å². The van der Waals surface area contributed by atoms with Gasteiger partial charge in [0.25, 0.3) is 5.91 Å². The number of anilines is 1. The second-order valence-corrected chi connectivity index (χ2v) is 11.5. The van der Waals surface area contributed by atoms with E-state index in [1.165, 1.54) is 30.0 Å². The molecule has 1 heterocycles. The lowest BCUT2D eigenvalue weighted by atomic mass is 10.2. The number of nitrogens with one attached hydrogen (secondary N) is 1. The van der Waals surface area contributed by atoms with Crippen molar-refractivity contribution < 1.29 is 17.6 Å². The Hall–Kier alpha value is -1.94. The van der Waals surface area contributed by atoms with Gasteiger partial charge in [-0.05, 0) is 59.7 Å². The van der Waals surface area contributed by atoms with Crippen molar-refractivity contribution in [2.75, 3.05) is 5.32 Å². The van der Waals surface area contributed by atoms with Crippen LogP contribution in [0.3, 0.4) is 0 Å². The van der Waals surface area contributed by atoms with Gasteiger partial charge in [0.15, 0.2) is 9.84 Å². The minimum Gasteiger partial charge on any atom is -0.320 e. The van der Waals surface area contributed by atoms with Crippen molar-refractivity contribution in [1.82, 2.24) is 0 Å². The SMILES string of the molecule is O=C1Nc2ccc(S(=O)(=O)Cc3c(Br)cccc3Br)cc2S/C1=C\c1ccc(F)cc1. The van der Waals surface area contributed by atoms with Crippen molar-refractivity contribution in [1.29, 1.82) is 0 Å². The molecule has 0 atom stereocenters. The molecule has 0 aromatic heterocycles. The van der Waals surface area contributed by atoms with Crippen molar-refractivity contribution >= 4 is 71.1 Å². The number of rotatable bonds is 4. The fourth-order valence-corrected chi connectivity index (χ4v) is 7.13. The molecule has 4 nitrogen and oxygen atoms in total. The topological polar surface area (TPSA) is 63.2 Å². The van der Waals surface area contributed by atoms with Gasteiger partial charge in [0, 0.05) is 13.8 Å². The fraction of sp³-hybridized carbons (Fsp3) is 0.0455. The first-order chi connectivity index (χ1) is 14.7. The maximum absolute atomic E-state index is 13.1. The number of carbonyl (C=O) groups is 1. The number of hydrogen-bond donors (Lipinski definition) is 1. The molecule has 1 aliphatic rings. The van der Waals surface area contributed by atoms with E-state index in [9.17, 15) is 17.6 Å². The first-order valence-corrected chi connectivity index (χ1v) is 13.0. The summed E-state index contributed by atoms with van der Waals surface area (Å²) in [5.74, 6) is -0.835. The molecule has 3 aromatic rings. The molecule has 0 spiro atoms. The Kier molecular flexibility index (Phi) is 6.39. The summed E-state index contributed by atoms with van der Waals surface area (Å²) in [4.78, 5) is 13.6. The average molecular weight is 583 g/mol. The minimum absolute atomic E-state index is 0.165. The first kappa shape index (κ1) is 22.3. The molecular formula is C22H14Br2FNO3S2. The zero-order chi connectivity index (χ0) is 22.2. The van der Waals surface area contributed by atoms with Gasteiger partial charge in [0.1, 0.15) is 5.82 Å². The maximum atomic E-state index is 13.1. The Bertz CT molecular complexity index is 1300. The first-order valence-electron chi connectivity index (χ1n) is 8.99. The largest absolute Gasteiger partial charge is 0.320 e. The van der Waals surface area contributed by atoms with Gasteiger partial charge in [-0.25, -0.2) is 12.8 Å². The Labute approximate surface area is 200 Å². The number of fused-ring (bicyclic) bond motifs is 1. The van der Waals surface area contributed by atoms with Crippen LogP contribution in [0.2, 0.25) is 0 Å². The molecule has 1 amide bonds. The van der Waals surface area contributed by atoms with Gasteiger partial charge in [-0.2, -0.15) is 0 Å². The molecule has 0 saturated carbocycles. The molecule has 0 saturated heterocycles. The third-order valence-electron chi connectivity index (χ3n) is 4.57. The lowest BCUT2D eigenvalue weighted by Crippen LogP contribution is -2.17. The third kappa shape index (κ3) is 4.95. The fourth-order valence-electron chi connectivity index (χ4n) is 2.98. The standard InChI is InChI=1S/C22H14Br2FNO3S2/c23-17-2-1-3-18(24)16(17)12-31(28,29)15-8-9-19-20(11-15)30-21(22(27)26-19)10-13-4-6-14(25)7-5-13/h1-11H,12H2,(H,26,27)/b21-10-. The number of thioether (sulfide) groups is 1. The zero-order valence-electron chi connectivity index (χ0n) is 15.7. The van der Waals surface area contributed by atoms with Crippen LogP contribution in [0, 0.1) is 5.82 Å². The molecule has 0 bridgehead atoms. The van der Waals surface area contributed by atoms with Gasteiger partial charge in [-0.1, -0.05) is 61.8 Å². The highest BCUT2D eigenvalue weighted by Crippen LogP contribution is 2.40. The van der Waals surface area contributed by atoms with E-state index in [-0.39, 0.29) is 22.4 Å². The van der Waals surface area contributed by atoms with Crippen LogP contribution in [-0.4, -0.2) is 14.3 Å². The van der Waals surface area contributed by atoms with E-state index in [1.807, 2.05) is 6.07 Å². The summed E-state index contributed by atoms with van der Waals surface area (Å²) in [5, 5.41) is 2.78. The molecule has 0 radical (unpaired) electrons. The summed E-state index contributed by atoms with van der Waals surface area (Å²) in [6.07, 6.45) is 1.64. The second kappa shape index (κ2) is 8.90. The molecular weight excluding hydrogens is 569 g/mol. The van der Waals surface area contributed by atoms with Crippen LogP contribution in [0.1, 0.15) is 11.1 Å². The van der Waals surface area contributed by atoms with Crippen molar-refractivity contribution in [3.63, 3.8) is 0 Å². The molecule has 3 aromatic carbocycles. The lowest BCUT2D eigenvalue weighted by Gasteiger charge is -2.19. The Morgan fingerprint density at radius 2 is 1.68 bits per heavy atom. The number of sulfone groups is 1. The van der Waals surface area contributed by atoms with Crippen molar-refractivity contribution in [3.05, 3.63) is 91.5 Å². The molecule has 1 aliphatic heterocycles. The average Bonchev–Trinajstić information content (AvgIpc) is 2.73. The van der Waals surface area contributed by atoms with E-state index in [0.29, 0.717) is 35.6 Å². The molecule has 4 rings (SSSR count). The van der Waals surface area contributed by atoms with Crippen LogP contribution in [0.4, 0.5) is 10.1 Å². The Morgan fingerprint density at radius 3 is 2.35 bits per heavy atom. The molecule has 0 fully saturated rings. The van der Waals surface area contributed by atoms with E-state index in [2.05, 4.69) is 37.2 Å². The van der Waals surface area contributed by atoms with E-state index in [0.717, 1.165) is 0 Å². The van der Waals surface area contributed by atoms with Crippen LogP contribution in [-0.2, 0) is 20.4 Å². The zero-order valence-corrected chi connectivity index (χ0v) is 20.5. The quantitative estimate of drug-likeness (QED) is 0.361. The summed E-state index contributed by atoms with van der Waals surface area (Å²) in [7, 11) is -3.63. The predicted molar refractivity (Wildman–Crippen MR) is 128 cm³/mol. The highest BCUT2D eigenvalue weighted by Gasteiger charge is 2.25. The maximum Gasteiger partial charge on any atom is 0.262 e. The normalized spacial score (nSPS) is 14.9.